The van der Waals surface area contributed by atoms with E-state index in [0.29, 0.717) is 22.4 Å². The minimum atomic E-state index is -0.863. The number of rotatable bonds is 4. The second-order valence-electron chi connectivity index (χ2n) is 4.40. The summed E-state index contributed by atoms with van der Waals surface area (Å²) in [5.74, 6) is -0.339. The van der Waals surface area contributed by atoms with Gasteiger partial charge in [-0.15, -0.1) is 0 Å². The zero-order valence-corrected chi connectivity index (χ0v) is 10.4. The van der Waals surface area contributed by atoms with Crippen LogP contribution < -0.4 is 5.73 Å². The molecule has 0 amide bonds. The SMILES string of the molecule is Nc1c(CC(O)CO)cccc1-c1ccccc1F. The van der Waals surface area contributed by atoms with Gasteiger partial charge in [0.15, 0.2) is 0 Å². The highest BCUT2D eigenvalue weighted by Crippen LogP contribution is 2.30. The zero-order valence-electron chi connectivity index (χ0n) is 10.4. The van der Waals surface area contributed by atoms with Crippen molar-refractivity contribution in [2.24, 2.45) is 0 Å². The van der Waals surface area contributed by atoms with Crippen molar-refractivity contribution < 1.29 is 14.6 Å². The minimum Gasteiger partial charge on any atom is -0.398 e. The Labute approximate surface area is 111 Å². The van der Waals surface area contributed by atoms with Gasteiger partial charge in [0.05, 0.1) is 12.7 Å². The lowest BCUT2D eigenvalue weighted by Crippen LogP contribution is -2.16. The van der Waals surface area contributed by atoms with Crippen LogP contribution in [-0.2, 0) is 6.42 Å². The molecule has 0 bridgehead atoms. The molecule has 100 valence electrons. The number of hydrogen-bond donors (Lipinski definition) is 3. The predicted molar refractivity (Wildman–Crippen MR) is 73.0 cm³/mol. The van der Waals surface area contributed by atoms with Gasteiger partial charge in [-0.05, 0) is 11.6 Å². The average Bonchev–Trinajstić information content (AvgIpc) is 2.42. The van der Waals surface area contributed by atoms with Crippen molar-refractivity contribution in [3.63, 3.8) is 0 Å². The monoisotopic (exact) mass is 261 g/mol. The highest BCUT2D eigenvalue weighted by molar-refractivity contribution is 5.78. The molecule has 3 nitrogen and oxygen atoms in total. The number of hydrogen-bond acceptors (Lipinski definition) is 3. The van der Waals surface area contributed by atoms with E-state index in [0.717, 1.165) is 0 Å². The fourth-order valence-electron chi connectivity index (χ4n) is 2.02. The van der Waals surface area contributed by atoms with E-state index in [-0.39, 0.29) is 18.8 Å². The summed E-state index contributed by atoms with van der Waals surface area (Å²) in [6, 6.07) is 11.7. The molecule has 0 aromatic heterocycles. The van der Waals surface area contributed by atoms with Gasteiger partial charge in [-0.3, -0.25) is 0 Å². The van der Waals surface area contributed by atoms with E-state index in [4.69, 9.17) is 10.8 Å². The lowest BCUT2D eigenvalue weighted by Gasteiger charge is -2.14. The van der Waals surface area contributed by atoms with Crippen LogP contribution in [0.4, 0.5) is 10.1 Å². The summed E-state index contributed by atoms with van der Waals surface area (Å²) in [7, 11) is 0. The van der Waals surface area contributed by atoms with E-state index >= 15 is 0 Å². The second kappa shape index (κ2) is 5.82. The summed E-state index contributed by atoms with van der Waals surface area (Å²) < 4.78 is 13.8. The first kappa shape index (κ1) is 13.5. The summed E-state index contributed by atoms with van der Waals surface area (Å²) >= 11 is 0. The third-order valence-corrected chi connectivity index (χ3v) is 3.03. The average molecular weight is 261 g/mol. The molecule has 0 saturated heterocycles. The van der Waals surface area contributed by atoms with Crippen LogP contribution in [0.3, 0.4) is 0 Å². The lowest BCUT2D eigenvalue weighted by molar-refractivity contribution is 0.0956. The lowest BCUT2D eigenvalue weighted by atomic mass is 9.97. The van der Waals surface area contributed by atoms with Crippen LogP contribution in [0, 0.1) is 5.82 Å². The third-order valence-electron chi connectivity index (χ3n) is 3.03. The van der Waals surface area contributed by atoms with Gasteiger partial charge in [0, 0.05) is 23.2 Å². The van der Waals surface area contributed by atoms with Gasteiger partial charge in [-0.2, -0.15) is 0 Å². The van der Waals surface area contributed by atoms with Crippen molar-refractivity contribution in [3.05, 3.63) is 53.8 Å². The molecule has 0 radical (unpaired) electrons. The fraction of sp³-hybridized carbons (Fsp3) is 0.200. The Hall–Kier alpha value is -1.91. The van der Waals surface area contributed by atoms with E-state index in [1.165, 1.54) is 6.07 Å². The first-order valence-corrected chi connectivity index (χ1v) is 6.04. The number of aliphatic hydroxyl groups excluding tert-OH is 2. The molecule has 1 unspecified atom stereocenters. The number of aliphatic hydroxyl groups is 2. The largest absolute Gasteiger partial charge is 0.398 e. The molecule has 4 heteroatoms. The highest BCUT2D eigenvalue weighted by Gasteiger charge is 2.12. The fourth-order valence-corrected chi connectivity index (χ4v) is 2.02. The molecule has 0 heterocycles. The van der Waals surface area contributed by atoms with Gasteiger partial charge in [-0.1, -0.05) is 36.4 Å². The van der Waals surface area contributed by atoms with E-state index in [9.17, 15) is 9.50 Å². The Kier molecular flexibility index (Phi) is 4.14. The maximum absolute atomic E-state index is 13.8. The zero-order chi connectivity index (χ0) is 13.8. The molecule has 2 rings (SSSR count). The van der Waals surface area contributed by atoms with Crippen LogP contribution in [0.25, 0.3) is 11.1 Å². The molecule has 0 aliphatic rings. The van der Waals surface area contributed by atoms with Crippen LogP contribution in [-0.4, -0.2) is 22.9 Å². The number of nitrogens with two attached hydrogens (primary N) is 1. The molecule has 1 atom stereocenters. The summed E-state index contributed by atoms with van der Waals surface area (Å²) in [5.41, 5.74) is 8.18. The Bertz CT molecular complexity index is 572. The molecule has 0 fully saturated rings. The number of benzene rings is 2. The van der Waals surface area contributed by atoms with Crippen molar-refractivity contribution in [1.82, 2.24) is 0 Å². The van der Waals surface area contributed by atoms with Crippen molar-refractivity contribution in [1.29, 1.82) is 0 Å². The Balaban J connectivity index is 2.43. The Morgan fingerprint density at radius 2 is 1.74 bits per heavy atom. The van der Waals surface area contributed by atoms with E-state index < -0.39 is 6.10 Å². The predicted octanol–water partition coefficient (Wildman–Crippen LogP) is 1.97. The molecule has 2 aromatic carbocycles. The first-order valence-electron chi connectivity index (χ1n) is 6.04. The molecular weight excluding hydrogens is 245 g/mol. The summed E-state index contributed by atoms with van der Waals surface area (Å²) in [5, 5.41) is 18.3. The molecule has 0 aliphatic heterocycles. The van der Waals surface area contributed by atoms with Crippen LogP contribution in [0.15, 0.2) is 42.5 Å². The van der Waals surface area contributed by atoms with Crippen LogP contribution in [0.1, 0.15) is 5.56 Å². The van der Waals surface area contributed by atoms with E-state index in [1.807, 2.05) is 0 Å². The molecular formula is C15H16FNO2. The quantitative estimate of drug-likeness (QED) is 0.737. The number of halogens is 1. The molecule has 0 aliphatic carbocycles. The van der Waals surface area contributed by atoms with Gasteiger partial charge >= 0.3 is 0 Å². The molecule has 2 aromatic rings. The molecule has 0 saturated carbocycles. The molecule has 19 heavy (non-hydrogen) atoms. The highest BCUT2D eigenvalue weighted by atomic mass is 19.1. The summed E-state index contributed by atoms with van der Waals surface area (Å²) in [4.78, 5) is 0. The van der Waals surface area contributed by atoms with Crippen LogP contribution in [0.2, 0.25) is 0 Å². The number of para-hydroxylation sites is 1. The van der Waals surface area contributed by atoms with Gasteiger partial charge in [-0.25, -0.2) is 4.39 Å². The smallest absolute Gasteiger partial charge is 0.131 e. The van der Waals surface area contributed by atoms with Crippen molar-refractivity contribution in [3.8, 4) is 11.1 Å². The van der Waals surface area contributed by atoms with Crippen LogP contribution >= 0.6 is 0 Å². The maximum atomic E-state index is 13.8. The van der Waals surface area contributed by atoms with Crippen molar-refractivity contribution >= 4 is 5.69 Å². The van der Waals surface area contributed by atoms with E-state index in [2.05, 4.69) is 0 Å². The standard InChI is InChI=1S/C15H16FNO2/c16-14-7-2-1-5-12(14)13-6-3-4-10(15(13)17)8-11(19)9-18/h1-7,11,18-19H,8-9,17H2. The Morgan fingerprint density at radius 1 is 1.05 bits per heavy atom. The van der Waals surface area contributed by atoms with Crippen LogP contribution in [0.5, 0.6) is 0 Å². The van der Waals surface area contributed by atoms with Gasteiger partial charge in [0.25, 0.3) is 0 Å². The normalized spacial score (nSPS) is 12.4. The maximum Gasteiger partial charge on any atom is 0.131 e. The van der Waals surface area contributed by atoms with Gasteiger partial charge in [0.1, 0.15) is 5.82 Å². The topological polar surface area (TPSA) is 66.5 Å². The Morgan fingerprint density at radius 3 is 2.42 bits per heavy atom. The van der Waals surface area contributed by atoms with Crippen molar-refractivity contribution in [2.45, 2.75) is 12.5 Å². The van der Waals surface area contributed by atoms with Gasteiger partial charge in [0.2, 0.25) is 0 Å². The number of anilines is 1. The number of nitrogen functional groups attached to an aromatic ring is 1. The third kappa shape index (κ3) is 2.92. The van der Waals surface area contributed by atoms with Crippen molar-refractivity contribution in [2.75, 3.05) is 12.3 Å². The second-order valence-corrected chi connectivity index (χ2v) is 4.40. The van der Waals surface area contributed by atoms with Gasteiger partial charge < -0.3 is 15.9 Å². The summed E-state index contributed by atoms with van der Waals surface area (Å²) in [6.07, 6.45) is -0.622. The van der Waals surface area contributed by atoms with E-state index in [1.54, 1.807) is 36.4 Å². The molecule has 4 N–H and O–H groups in total. The molecule has 0 spiro atoms. The minimum absolute atomic E-state index is 0.241. The first-order chi connectivity index (χ1) is 9.13. The summed E-state index contributed by atoms with van der Waals surface area (Å²) in [6.45, 7) is -0.330.